The first-order valence-corrected chi connectivity index (χ1v) is 27.1. The molecule has 3 unspecified atom stereocenters. The molecule has 0 bridgehead atoms. The van der Waals surface area contributed by atoms with Gasteiger partial charge in [0.2, 0.25) is 17.7 Å². The number of rotatable bonds is 30. The van der Waals surface area contributed by atoms with Gasteiger partial charge in [-0.15, -0.1) is 0 Å². The van der Waals surface area contributed by atoms with Crippen LogP contribution >= 0.6 is 0 Å². The summed E-state index contributed by atoms with van der Waals surface area (Å²) in [5.74, 6) is -1.41. The van der Waals surface area contributed by atoms with Crippen molar-refractivity contribution in [2.75, 3.05) is 50.0 Å². The van der Waals surface area contributed by atoms with Crippen LogP contribution < -0.4 is 27.8 Å². The first-order valence-electron chi connectivity index (χ1n) is 27.1. The average molecular weight is 1060 g/mol. The van der Waals surface area contributed by atoms with Gasteiger partial charge in [-0.3, -0.25) is 43.3 Å². The molecular weight excluding hydrogens is 979 g/mol. The molecule has 3 amide bonds. The van der Waals surface area contributed by atoms with Gasteiger partial charge in [0.05, 0.1) is 36.8 Å². The summed E-state index contributed by atoms with van der Waals surface area (Å²) in [7, 11) is 0. The Balaban J connectivity index is 0.000000304. The lowest BCUT2D eigenvalue weighted by atomic mass is 9.94. The molecule has 1 aliphatic rings. The Morgan fingerprint density at radius 2 is 1.01 bits per heavy atom. The van der Waals surface area contributed by atoms with Crippen molar-refractivity contribution in [2.45, 2.75) is 143 Å². The molecule has 1 saturated heterocycles. The first-order chi connectivity index (χ1) is 37.0. The molecule has 0 aliphatic carbocycles. The number of aryl methyl sites for hydroxylation is 3. The summed E-state index contributed by atoms with van der Waals surface area (Å²) in [6.45, 7) is 8.84. The van der Waals surface area contributed by atoms with Crippen LogP contribution in [0.4, 0.5) is 17.1 Å². The number of hydrogen-bond acceptors (Lipinski definition) is 14. The van der Waals surface area contributed by atoms with E-state index < -0.39 is 11.8 Å². The zero-order valence-corrected chi connectivity index (χ0v) is 45.7. The van der Waals surface area contributed by atoms with Crippen molar-refractivity contribution < 1.29 is 47.8 Å². The largest absolute Gasteiger partial charge is 0.466 e. The highest BCUT2D eigenvalue weighted by Crippen LogP contribution is 2.31. The van der Waals surface area contributed by atoms with E-state index in [2.05, 4.69) is 15.6 Å². The number of unbranched alkanes of at least 4 members (excludes halogenated alkanes) is 1. The zero-order valence-electron chi connectivity index (χ0n) is 45.7. The molecule has 2 heterocycles. The smallest absolute Gasteiger partial charge is 0.309 e. The van der Waals surface area contributed by atoms with Gasteiger partial charge in [-0.2, -0.15) is 0 Å². The lowest BCUT2D eigenvalue weighted by Gasteiger charge is -2.24. The number of Topliss-reactive ketones (excluding diaryl/α,β-unsaturated/α-hetero) is 3. The fraction of sp³-hybridized carbons (Fsp3) is 0.483. The van der Waals surface area contributed by atoms with Gasteiger partial charge in [0.1, 0.15) is 17.3 Å². The van der Waals surface area contributed by atoms with Crippen LogP contribution in [0.25, 0.3) is 0 Å². The van der Waals surface area contributed by atoms with Gasteiger partial charge in [-0.25, -0.2) is 0 Å². The Hall–Kier alpha value is -7.43. The minimum absolute atomic E-state index is 0.0365. The van der Waals surface area contributed by atoms with Crippen LogP contribution in [0.5, 0.6) is 0 Å². The third-order valence-electron chi connectivity index (χ3n) is 12.9. The van der Waals surface area contributed by atoms with E-state index in [-0.39, 0.29) is 72.3 Å². The quantitative estimate of drug-likeness (QED) is 0.0187. The van der Waals surface area contributed by atoms with Crippen molar-refractivity contribution in [1.29, 1.82) is 0 Å². The monoisotopic (exact) mass is 1060 g/mol. The van der Waals surface area contributed by atoms with Gasteiger partial charge in [0.25, 0.3) is 0 Å². The number of ether oxygens (including phenoxy) is 2. The van der Waals surface area contributed by atoms with Crippen LogP contribution in [-0.4, -0.2) is 89.7 Å². The Bertz CT molecular complexity index is 2430. The number of nitrogens with two attached hydrogens (primary N) is 3. The number of carbonyl (C=O) groups excluding carboxylic acids is 8. The summed E-state index contributed by atoms with van der Waals surface area (Å²) in [6, 6.07) is 28.3. The average Bonchev–Trinajstić information content (AvgIpc) is 3.92. The van der Waals surface area contributed by atoms with Gasteiger partial charge in [-0.1, -0.05) is 48.9 Å². The fourth-order valence-corrected chi connectivity index (χ4v) is 8.64. The summed E-state index contributed by atoms with van der Waals surface area (Å²) in [4.78, 5) is 101. The highest BCUT2D eigenvalue weighted by Gasteiger charge is 2.31. The molecule has 1 aromatic heterocycles. The third kappa shape index (κ3) is 27.3. The van der Waals surface area contributed by atoms with E-state index in [1.807, 2.05) is 95.9 Å². The summed E-state index contributed by atoms with van der Waals surface area (Å²) < 4.78 is 10.2. The van der Waals surface area contributed by atoms with Gasteiger partial charge in [0, 0.05) is 102 Å². The summed E-state index contributed by atoms with van der Waals surface area (Å²) >= 11 is 0. The zero-order chi connectivity index (χ0) is 56.4. The van der Waals surface area contributed by atoms with E-state index in [1.165, 1.54) is 13.8 Å². The van der Waals surface area contributed by atoms with Crippen LogP contribution in [0, 0.1) is 11.8 Å². The number of nitrogens with one attached hydrogen (secondary N) is 2. The number of carbonyl (C=O) groups is 8. The molecule has 1 aliphatic heterocycles. The van der Waals surface area contributed by atoms with Crippen molar-refractivity contribution in [2.24, 2.45) is 11.8 Å². The van der Waals surface area contributed by atoms with Crippen LogP contribution in [0.15, 0.2) is 97.2 Å². The Kier molecular flexibility index (Phi) is 30.3. The van der Waals surface area contributed by atoms with Crippen molar-refractivity contribution in [1.82, 2.24) is 20.5 Å². The maximum Gasteiger partial charge on any atom is 0.309 e. The van der Waals surface area contributed by atoms with Crippen LogP contribution in [0.2, 0.25) is 0 Å². The SMILES string of the molecule is CCOC(=O)C(CCCCNC(C)=O)CC(=O)CCc1ccc(N)cc1.CCOC(=O)C(CCCNC(C)=O)CC(=O)CCc1ccc(N)cc1.Nc1ccc(CCC(=O)CCC(=O)N2CCCC2c2ccccn2)cc1. The number of pyridine rings is 1. The lowest BCUT2D eigenvalue weighted by Crippen LogP contribution is -2.31. The molecule has 418 valence electrons. The number of amides is 3. The number of aromatic nitrogens is 1. The molecule has 0 spiro atoms. The second-order valence-corrected chi connectivity index (χ2v) is 19.3. The van der Waals surface area contributed by atoms with Crippen LogP contribution in [0.1, 0.15) is 146 Å². The second kappa shape index (κ2) is 36.5. The van der Waals surface area contributed by atoms with Gasteiger partial charge >= 0.3 is 11.9 Å². The molecule has 17 heteroatoms. The molecule has 0 saturated carbocycles. The standard InChI is InChI=1S/C21H25N3O2.C20H30N2O4.C19H28N2O4/c22-17-9-6-16(7-10-17)8-11-18(25)12-13-21(26)24-15-3-5-20(24)19-4-1-2-14-23-19;1-3-26-20(25)17(6-4-5-13-22-15(2)23)14-19(24)12-9-16-7-10-18(21)11-8-16;1-3-25-19(24)16(5-4-12-21-14(2)22)13-18(23)11-8-15-6-9-17(20)10-7-15/h1-2,4,6-7,9-10,14,20H,3,5,8,11-13,15,22H2;7-8,10-11,17H,3-6,9,12-14,21H2,1-2H3,(H,22,23);6-7,9-10,16H,3-5,8,11-13,20H2,1-2H3,(H,21,22). The van der Waals surface area contributed by atoms with E-state index in [1.54, 1.807) is 20.0 Å². The molecular formula is C60H83N7O10. The lowest BCUT2D eigenvalue weighted by molar-refractivity contribution is -0.150. The van der Waals surface area contributed by atoms with Crippen LogP contribution in [-0.2, 0) is 67.1 Å². The number of benzene rings is 3. The molecule has 5 rings (SSSR count). The molecule has 0 radical (unpaired) electrons. The maximum absolute atomic E-state index is 12.6. The predicted molar refractivity (Wildman–Crippen MR) is 300 cm³/mol. The van der Waals surface area contributed by atoms with E-state index in [0.717, 1.165) is 60.3 Å². The molecule has 4 aromatic rings. The van der Waals surface area contributed by atoms with Gasteiger partial charge in [-0.05, 0) is 137 Å². The number of esters is 2. The number of nitrogen functional groups attached to an aromatic ring is 3. The number of likely N-dealkylation sites (tertiary alicyclic amines) is 1. The van der Waals surface area contributed by atoms with Crippen molar-refractivity contribution in [3.8, 4) is 0 Å². The van der Waals surface area contributed by atoms with Crippen molar-refractivity contribution in [3.63, 3.8) is 0 Å². The molecule has 77 heavy (non-hydrogen) atoms. The minimum Gasteiger partial charge on any atom is -0.466 e. The van der Waals surface area contributed by atoms with E-state index in [9.17, 15) is 38.4 Å². The molecule has 1 fully saturated rings. The van der Waals surface area contributed by atoms with Crippen molar-refractivity contribution >= 4 is 64.1 Å². The Morgan fingerprint density at radius 1 is 0.571 bits per heavy atom. The van der Waals surface area contributed by atoms with Crippen LogP contribution in [0.3, 0.4) is 0 Å². The summed E-state index contributed by atoms with van der Waals surface area (Å²) in [6.07, 6.45) is 11.1. The van der Waals surface area contributed by atoms with E-state index >= 15 is 0 Å². The molecule has 3 atom stereocenters. The second-order valence-electron chi connectivity index (χ2n) is 19.3. The number of ketones is 3. The summed E-state index contributed by atoms with van der Waals surface area (Å²) in [5, 5.41) is 5.42. The Morgan fingerprint density at radius 3 is 1.44 bits per heavy atom. The fourth-order valence-electron chi connectivity index (χ4n) is 8.64. The summed E-state index contributed by atoms with van der Waals surface area (Å²) in [5.41, 5.74) is 23.2. The number of anilines is 3. The molecule has 17 nitrogen and oxygen atoms in total. The maximum atomic E-state index is 12.6. The third-order valence-corrected chi connectivity index (χ3v) is 12.9. The van der Waals surface area contributed by atoms with E-state index in [0.29, 0.717) is 102 Å². The van der Waals surface area contributed by atoms with Gasteiger partial charge in [0.15, 0.2) is 0 Å². The molecule has 3 aromatic carbocycles. The molecule has 8 N–H and O–H groups in total. The topological polar surface area (TPSA) is 273 Å². The van der Waals surface area contributed by atoms with Crippen molar-refractivity contribution in [3.05, 3.63) is 120 Å². The predicted octanol–water partition coefficient (Wildman–Crippen LogP) is 8.21. The highest BCUT2D eigenvalue weighted by molar-refractivity contribution is 5.86. The highest BCUT2D eigenvalue weighted by atomic mass is 16.5. The van der Waals surface area contributed by atoms with E-state index in [4.69, 9.17) is 26.7 Å². The number of nitrogens with zero attached hydrogens (tertiary/aromatic N) is 2. The first kappa shape index (κ1) is 63.9. The Labute approximate surface area is 455 Å². The normalized spacial score (nSPS) is 13.3. The minimum atomic E-state index is -0.451. The number of hydrogen-bond donors (Lipinski definition) is 5. The van der Waals surface area contributed by atoms with Gasteiger partial charge < -0.3 is 42.2 Å².